The molecule has 24 heavy (non-hydrogen) atoms. The van der Waals surface area contributed by atoms with Crippen LogP contribution in [0.2, 0.25) is 0 Å². The van der Waals surface area contributed by atoms with Gasteiger partial charge in [-0.25, -0.2) is 4.39 Å². The average molecular weight is 328 g/mol. The van der Waals surface area contributed by atoms with Gasteiger partial charge in [-0.1, -0.05) is 12.1 Å². The molecule has 1 heterocycles. The number of methoxy groups -OCH3 is 1. The Morgan fingerprint density at radius 1 is 1.25 bits per heavy atom. The molecule has 1 atom stereocenters. The molecule has 4 nitrogen and oxygen atoms in total. The predicted molar refractivity (Wildman–Crippen MR) is 92.0 cm³/mol. The molecule has 1 aliphatic heterocycles. The van der Waals surface area contributed by atoms with Crippen LogP contribution in [0.4, 0.5) is 10.1 Å². The number of carbonyl (C=O) groups excluding carboxylic acids is 1. The van der Waals surface area contributed by atoms with Gasteiger partial charge in [0, 0.05) is 25.3 Å². The molecule has 1 amide bonds. The lowest BCUT2D eigenvalue weighted by molar-refractivity contribution is 0.0945. The van der Waals surface area contributed by atoms with E-state index in [4.69, 9.17) is 4.74 Å². The Bertz CT molecular complexity index is 703. The maximum absolute atomic E-state index is 13.0. The zero-order valence-corrected chi connectivity index (χ0v) is 13.7. The van der Waals surface area contributed by atoms with Crippen LogP contribution in [0.15, 0.2) is 48.5 Å². The summed E-state index contributed by atoms with van der Waals surface area (Å²) in [5.74, 6) is 0.620. The van der Waals surface area contributed by atoms with Crippen LogP contribution < -0.4 is 15.0 Å². The van der Waals surface area contributed by atoms with Crippen molar-refractivity contribution >= 4 is 11.6 Å². The van der Waals surface area contributed by atoms with E-state index in [1.165, 1.54) is 12.1 Å². The van der Waals surface area contributed by atoms with Crippen molar-refractivity contribution in [3.05, 3.63) is 59.9 Å². The molecule has 0 bridgehead atoms. The molecule has 5 heteroatoms. The average Bonchev–Trinajstić information content (AvgIpc) is 3.09. The molecule has 2 aromatic rings. The number of nitrogens with one attached hydrogen (secondary N) is 1. The molecular formula is C19H21FN2O2. The number of benzene rings is 2. The number of ether oxygens (including phenoxy) is 1. The first-order chi connectivity index (χ1) is 11.7. The highest BCUT2D eigenvalue weighted by molar-refractivity contribution is 5.96. The van der Waals surface area contributed by atoms with E-state index >= 15 is 0 Å². The van der Waals surface area contributed by atoms with Crippen LogP contribution in [0.25, 0.3) is 0 Å². The van der Waals surface area contributed by atoms with Gasteiger partial charge in [0.1, 0.15) is 11.6 Å². The van der Waals surface area contributed by atoms with Crippen molar-refractivity contribution < 1.29 is 13.9 Å². The summed E-state index contributed by atoms with van der Waals surface area (Å²) < 4.78 is 18.2. The molecule has 3 rings (SSSR count). The summed E-state index contributed by atoms with van der Waals surface area (Å²) in [5, 5.41) is 2.99. The van der Waals surface area contributed by atoms with Gasteiger partial charge >= 0.3 is 0 Å². The maximum Gasteiger partial charge on any atom is 0.255 e. The summed E-state index contributed by atoms with van der Waals surface area (Å²) in [6.07, 6.45) is 1.00. The summed E-state index contributed by atoms with van der Waals surface area (Å²) in [4.78, 5) is 14.5. The monoisotopic (exact) mass is 328 g/mol. The maximum atomic E-state index is 13.0. The van der Waals surface area contributed by atoms with Crippen LogP contribution in [-0.4, -0.2) is 32.7 Å². The fraction of sp³-hybridized carbons (Fsp3) is 0.316. The van der Waals surface area contributed by atoms with Crippen LogP contribution in [0.3, 0.4) is 0 Å². The summed E-state index contributed by atoms with van der Waals surface area (Å²) in [6.45, 7) is 2.40. The smallest absolute Gasteiger partial charge is 0.255 e. The lowest BCUT2D eigenvalue weighted by Crippen LogP contribution is -2.31. The van der Waals surface area contributed by atoms with Crippen molar-refractivity contribution in [1.82, 2.24) is 5.32 Å². The topological polar surface area (TPSA) is 41.6 Å². The predicted octanol–water partition coefficient (Wildman–Crippen LogP) is 3.09. The first-order valence-corrected chi connectivity index (χ1v) is 8.09. The third-order valence-corrected chi connectivity index (χ3v) is 4.38. The van der Waals surface area contributed by atoms with Crippen LogP contribution in [-0.2, 0) is 0 Å². The summed E-state index contributed by atoms with van der Waals surface area (Å²) in [7, 11) is 1.56. The Hall–Kier alpha value is -2.56. The number of halogens is 1. The fourth-order valence-corrected chi connectivity index (χ4v) is 3.05. The van der Waals surface area contributed by atoms with E-state index in [9.17, 15) is 9.18 Å². The molecular weight excluding hydrogens is 307 g/mol. The van der Waals surface area contributed by atoms with E-state index in [1.807, 2.05) is 12.1 Å². The number of rotatable bonds is 5. The molecule has 0 aromatic heterocycles. The Labute approximate surface area is 141 Å². The number of amides is 1. The van der Waals surface area contributed by atoms with Gasteiger partial charge in [0.15, 0.2) is 0 Å². The first kappa shape index (κ1) is 16.3. The number of anilines is 1. The third-order valence-electron chi connectivity index (χ3n) is 4.38. The third kappa shape index (κ3) is 3.67. The Morgan fingerprint density at radius 3 is 2.75 bits per heavy atom. The van der Waals surface area contributed by atoms with E-state index in [2.05, 4.69) is 10.2 Å². The largest absolute Gasteiger partial charge is 0.496 e. The van der Waals surface area contributed by atoms with Crippen LogP contribution in [0.1, 0.15) is 16.8 Å². The van der Waals surface area contributed by atoms with Gasteiger partial charge in [0.25, 0.3) is 5.91 Å². The van der Waals surface area contributed by atoms with E-state index < -0.39 is 0 Å². The lowest BCUT2D eigenvalue weighted by Gasteiger charge is -2.19. The molecule has 1 saturated heterocycles. The van der Waals surface area contributed by atoms with Crippen LogP contribution >= 0.6 is 0 Å². The number of carbonyl (C=O) groups is 1. The van der Waals surface area contributed by atoms with Crippen molar-refractivity contribution in [2.75, 3.05) is 31.6 Å². The van der Waals surface area contributed by atoms with Gasteiger partial charge in [-0.2, -0.15) is 0 Å². The molecule has 1 fully saturated rings. The zero-order valence-electron chi connectivity index (χ0n) is 13.7. The van der Waals surface area contributed by atoms with Crippen molar-refractivity contribution in [1.29, 1.82) is 0 Å². The minimum absolute atomic E-state index is 0.118. The highest BCUT2D eigenvalue weighted by Crippen LogP contribution is 2.24. The fourth-order valence-electron chi connectivity index (χ4n) is 3.05. The van der Waals surface area contributed by atoms with Crippen molar-refractivity contribution in [3.8, 4) is 5.75 Å². The number of para-hydroxylation sites is 1. The molecule has 0 spiro atoms. The number of hydrogen-bond donors (Lipinski definition) is 1. The standard InChI is InChI=1S/C19H21FN2O2/c1-24-18-5-3-2-4-17(18)19(23)21-12-14-10-11-22(13-14)16-8-6-15(20)7-9-16/h2-9,14H,10-13H2,1H3,(H,21,23). The van der Waals surface area contributed by atoms with Gasteiger partial charge < -0.3 is 15.0 Å². The minimum atomic E-state index is -0.224. The minimum Gasteiger partial charge on any atom is -0.496 e. The molecule has 126 valence electrons. The number of hydrogen-bond acceptors (Lipinski definition) is 3. The van der Waals surface area contributed by atoms with Gasteiger partial charge in [0.05, 0.1) is 12.7 Å². The summed E-state index contributed by atoms with van der Waals surface area (Å²) in [6, 6.07) is 13.7. The first-order valence-electron chi connectivity index (χ1n) is 8.09. The van der Waals surface area contributed by atoms with E-state index in [-0.39, 0.29) is 11.7 Å². The second-order valence-corrected chi connectivity index (χ2v) is 5.99. The molecule has 1 N–H and O–H groups in total. The summed E-state index contributed by atoms with van der Waals surface area (Å²) in [5.41, 5.74) is 1.57. The quantitative estimate of drug-likeness (QED) is 0.917. The van der Waals surface area contributed by atoms with Gasteiger partial charge in [0.2, 0.25) is 0 Å². The van der Waals surface area contributed by atoms with E-state index in [1.54, 1.807) is 31.4 Å². The molecule has 0 radical (unpaired) electrons. The van der Waals surface area contributed by atoms with Crippen LogP contribution in [0.5, 0.6) is 5.75 Å². The van der Waals surface area contributed by atoms with Gasteiger partial charge in [-0.05, 0) is 48.7 Å². The van der Waals surface area contributed by atoms with Crippen molar-refractivity contribution in [2.45, 2.75) is 6.42 Å². The highest BCUT2D eigenvalue weighted by Gasteiger charge is 2.23. The van der Waals surface area contributed by atoms with E-state index in [0.717, 1.165) is 25.2 Å². The molecule has 1 aliphatic rings. The molecule has 0 aliphatic carbocycles. The Morgan fingerprint density at radius 2 is 2.00 bits per heavy atom. The highest BCUT2D eigenvalue weighted by atomic mass is 19.1. The zero-order chi connectivity index (χ0) is 16.9. The second kappa shape index (κ2) is 7.34. The molecule has 0 saturated carbocycles. The van der Waals surface area contributed by atoms with Crippen molar-refractivity contribution in [3.63, 3.8) is 0 Å². The van der Waals surface area contributed by atoms with Crippen LogP contribution in [0, 0.1) is 11.7 Å². The van der Waals surface area contributed by atoms with E-state index in [0.29, 0.717) is 23.8 Å². The van der Waals surface area contributed by atoms with Gasteiger partial charge in [-0.15, -0.1) is 0 Å². The Kier molecular flexibility index (Phi) is 4.99. The van der Waals surface area contributed by atoms with Crippen molar-refractivity contribution in [2.24, 2.45) is 5.92 Å². The van der Waals surface area contributed by atoms with Gasteiger partial charge in [-0.3, -0.25) is 4.79 Å². The lowest BCUT2D eigenvalue weighted by atomic mass is 10.1. The normalized spacial score (nSPS) is 16.9. The molecule has 2 aromatic carbocycles. The second-order valence-electron chi connectivity index (χ2n) is 5.99. The SMILES string of the molecule is COc1ccccc1C(=O)NCC1CCN(c2ccc(F)cc2)C1. The number of nitrogens with zero attached hydrogens (tertiary/aromatic N) is 1. The summed E-state index contributed by atoms with van der Waals surface area (Å²) >= 11 is 0. The molecule has 1 unspecified atom stereocenters. The Balaban J connectivity index is 1.54.